The predicted octanol–water partition coefficient (Wildman–Crippen LogP) is 4.70. The van der Waals surface area contributed by atoms with Crippen LogP contribution >= 0.6 is 15.9 Å². The lowest BCUT2D eigenvalue weighted by Crippen LogP contribution is -2.26. The maximum atomic E-state index is 3.48. The average Bonchev–Trinajstić information content (AvgIpc) is 2.30. The van der Waals surface area contributed by atoms with Gasteiger partial charge in [-0.3, -0.25) is 0 Å². The van der Waals surface area contributed by atoms with E-state index >= 15 is 0 Å². The van der Waals surface area contributed by atoms with Crippen molar-refractivity contribution in [3.05, 3.63) is 0 Å². The first-order valence-electron chi connectivity index (χ1n) is 6.99. The third kappa shape index (κ3) is 9.65. The highest BCUT2D eigenvalue weighted by Crippen LogP contribution is 2.14. The highest BCUT2D eigenvalue weighted by Gasteiger charge is 2.08. The summed E-state index contributed by atoms with van der Waals surface area (Å²) in [6.45, 7) is 7.19. The molecule has 1 unspecified atom stereocenters. The van der Waals surface area contributed by atoms with E-state index < -0.39 is 0 Å². The van der Waals surface area contributed by atoms with E-state index in [4.69, 9.17) is 0 Å². The SMILES string of the molecule is CCCCC(CC)CN(C)CCCCCBr. The Morgan fingerprint density at radius 1 is 1.06 bits per heavy atom. The van der Waals surface area contributed by atoms with Crippen LogP contribution in [0.4, 0.5) is 0 Å². The molecule has 0 heterocycles. The lowest BCUT2D eigenvalue weighted by Gasteiger charge is -2.23. The normalized spacial score (nSPS) is 13.3. The number of halogens is 1. The van der Waals surface area contributed by atoms with Crippen molar-refractivity contribution in [1.29, 1.82) is 0 Å². The first-order chi connectivity index (χ1) is 7.74. The maximum Gasteiger partial charge on any atom is 0.00313 e. The molecule has 0 saturated heterocycles. The molecule has 1 atom stereocenters. The fourth-order valence-electron chi connectivity index (χ4n) is 2.10. The van der Waals surface area contributed by atoms with Crippen molar-refractivity contribution in [2.75, 3.05) is 25.5 Å². The molecule has 0 spiro atoms. The lowest BCUT2D eigenvalue weighted by molar-refractivity contribution is 0.255. The van der Waals surface area contributed by atoms with Gasteiger partial charge in [-0.1, -0.05) is 55.5 Å². The minimum atomic E-state index is 0.918. The molecule has 2 heteroatoms. The highest BCUT2D eigenvalue weighted by atomic mass is 79.9. The smallest absolute Gasteiger partial charge is 0.00313 e. The van der Waals surface area contributed by atoms with Gasteiger partial charge in [0.1, 0.15) is 0 Å². The molecule has 0 amide bonds. The van der Waals surface area contributed by atoms with Crippen molar-refractivity contribution in [2.24, 2.45) is 5.92 Å². The van der Waals surface area contributed by atoms with E-state index in [0.717, 1.165) is 11.2 Å². The van der Waals surface area contributed by atoms with Gasteiger partial charge < -0.3 is 4.90 Å². The van der Waals surface area contributed by atoms with Gasteiger partial charge in [0.25, 0.3) is 0 Å². The van der Waals surface area contributed by atoms with E-state index in [1.54, 1.807) is 0 Å². The first kappa shape index (κ1) is 16.4. The van der Waals surface area contributed by atoms with Gasteiger partial charge in [-0.05, 0) is 38.8 Å². The van der Waals surface area contributed by atoms with E-state index in [0.29, 0.717) is 0 Å². The van der Waals surface area contributed by atoms with Crippen LogP contribution in [-0.2, 0) is 0 Å². The molecule has 0 bridgehead atoms. The lowest BCUT2D eigenvalue weighted by atomic mass is 9.99. The largest absolute Gasteiger partial charge is 0.306 e. The van der Waals surface area contributed by atoms with Crippen molar-refractivity contribution < 1.29 is 0 Å². The van der Waals surface area contributed by atoms with Crippen molar-refractivity contribution in [2.45, 2.75) is 58.8 Å². The van der Waals surface area contributed by atoms with E-state index in [-0.39, 0.29) is 0 Å². The molecule has 0 radical (unpaired) electrons. The van der Waals surface area contributed by atoms with Gasteiger partial charge in [0.2, 0.25) is 0 Å². The number of unbranched alkanes of at least 4 members (excludes halogenated alkanes) is 3. The second-order valence-electron chi connectivity index (χ2n) is 4.93. The van der Waals surface area contributed by atoms with Crippen LogP contribution in [-0.4, -0.2) is 30.4 Å². The van der Waals surface area contributed by atoms with Gasteiger partial charge in [0, 0.05) is 11.9 Å². The summed E-state index contributed by atoms with van der Waals surface area (Å²) in [6, 6.07) is 0. The van der Waals surface area contributed by atoms with Crippen molar-refractivity contribution >= 4 is 15.9 Å². The third-order valence-corrected chi connectivity index (χ3v) is 3.85. The molecule has 0 aliphatic heterocycles. The number of rotatable bonds is 11. The number of hydrogen-bond donors (Lipinski definition) is 0. The molecular weight excluding hydrogens is 262 g/mol. The monoisotopic (exact) mass is 291 g/mol. The van der Waals surface area contributed by atoms with Crippen LogP contribution in [0.1, 0.15) is 58.8 Å². The van der Waals surface area contributed by atoms with Crippen LogP contribution in [0.15, 0.2) is 0 Å². The molecule has 1 nitrogen and oxygen atoms in total. The summed E-state index contributed by atoms with van der Waals surface area (Å²) in [7, 11) is 2.28. The fourth-order valence-corrected chi connectivity index (χ4v) is 2.50. The van der Waals surface area contributed by atoms with Crippen LogP contribution in [0.2, 0.25) is 0 Å². The Balaban J connectivity index is 3.53. The highest BCUT2D eigenvalue weighted by molar-refractivity contribution is 9.09. The summed E-state index contributed by atoms with van der Waals surface area (Å²) >= 11 is 3.48. The van der Waals surface area contributed by atoms with Gasteiger partial charge in [0.05, 0.1) is 0 Å². The molecule has 0 N–H and O–H groups in total. The van der Waals surface area contributed by atoms with Crippen LogP contribution in [0.5, 0.6) is 0 Å². The summed E-state index contributed by atoms with van der Waals surface area (Å²) in [5.41, 5.74) is 0. The van der Waals surface area contributed by atoms with E-state index in [1.807, 2.05) is 0 Å². The molecular formula is C14H30BrN. The predicted molar refractivity (Wildman–Crippen MR) is 78.4 cm³/mol. The fraction of sp³-hybridized carbons (Fsp3) is 1.00. The Bertz CT molecular complexity index is 139. The quantitative estimate of drug-likeness (QED) is 0.394. The Morgan fingerprint density at radius 2 is 1.81 bits per heavy atom. The van der Waals surface area contributed by atoms with Crippen LogP contribution < -0.4 is 0 Å². The zero-order valence-corrected chi connectivity index (χ0v) is 13.1. The summed E-state index contributed by atoms with van der Waals surface area (Å²) < 4.78 is 0. The Kier molecular flexibility index (Phi) is 12.2. The topological polar surface area (TPSA) is 3.24 Å². The Labute approximate surface area is 111 Å². The van der Waals surface area contributed by atoms with Crippen molar-refractivity contribution in [3.8, 4) is 0 Å². The summed E-state index contributed by atoms with van der Waals surface area (Å²) in [4.78, 5) is 2.53. The molecule has 0 aromatic rings. The molecule has 0 aliphatic rings. The number of alkyl halides is 1. The van der Waals surface area contributed by atoms with Gasteiger partial charge in [-0.25, -0.2) is 0 Å². The molecule has 0 rings (SSSR count). The molecule has 0 saturated carbocycles. The zero-order chi connectivity index (χ0) is 12.2. The molecule has 16 heavy (non-hydrogen) atoms. The number of hydrogen-bond acceptors (Lipinski definition) is 1. The molecule has 0 aromatic heterocycles. The van der Waals surface area contributed by atoms with Crippen LogP contribution in [0, 0.1) is 5.92 Å². The first-order valence-corrected chi connectivity index (χ1v) is 8.11. The van der Waals surface area contributed by atoms with E-state index in [1.165, 1.54) is 58.0 Å². The Morgan fingerprint density at radius 3 is 2.38 bits per heavy atom. The Hall–Kier alpha value is 0.440. The molecule has 0 aliphatic carbocycles. The zero-order valence-electron chi connectivity index (χ0n) is 11.5. The second-order valence-corrected chi connectivity index (χ2v) is 5.72. The summed E-state index contributed by atoms with van der Waals surface area (Å²) in [6.07, 6.45) is 9.53. The number of nitrogens with zero attached hydrogens (tertiary/aromatic N) is 1. The summed E-state index contributed by atoms with van der Waals surface area (Å²) in [5, 5.41) is 1.16. The minimum absolute atomic E-state index is 0.918. The van der Waals surface area contributed by atoms with Gasteiger partial charge >= 0.3 is 0 Å². The van der Waals surface area contributed by atoms with Gasteiger partial charge in [-0.15, -0.1) is 0 Å². The molecule has 0 fully saturated rings. The van der Waals surface area contributed by atoms with Crippen molar-refractivity contribution in [1.82, 2.24) is 4.90 Å². The summed E-state index contributed by atoms with van der Waals surface area (Å²) in [5.74, 6) is 0.918. The molecule has 98 valence electrons. The average molecular weight is 292 g/mol. The molecule has 0 aromatic carbocycles. The van der Waals surface area contributed by atoms with E-state index in [9.17, 15) is 0 Å². The standard InChI is InChI=1S/C14H30BrN/c1-4-6-10-14(5-2)13-16(3)12-9-7-8-11-15/h14H,4-13H2,1-3H3. The maximum absolute atomic E-state index is 3.48. The van der Waals surface area contributed by atoms with E-state index in [2.05, 4.69) is 41.7 Å². The third-order valence-electron chi connectivity index (χ3n) is 3.29. The van der Waals surface area contributed by atoms with Crippen molar-refractivity contribution in [3.63, 3.8) is 0 Å². The minimum Gasteiger partial charge on any atom is -0.306 e. The van der Waals surface area contributed by atoms with Gasteiger partial charge in [0.15, 0.2) is 0 Å². The van der Waals surface area contributed by atoms with Crippen LogP contribution in [0.3, 0.4) is 0 Å². The van der Waals surface area contributed by atoms with Crippen LogP contribution in [0.25, 0.3) is 0 Å². The van der Waals surface area contributed by atoms with Gasteiger partial charge in [-0.2, -0.15) is 0 Å². The second kappa shape index (κ2) is 11.9.